The van der Waals surface area contributed by atoms with Crippen molar-refractivity contribution in [3.63, 3.8) is 0 Å². The van der Waals surface area contributed by atoms with Crippen LogP contribution < -0.4 is 17.0 Å². The summed E-state index contributed by atoms with van der Waals surface area (Å²) in [5.74, 6) is 10.6. The number of hydrogen-bond donors (Lipinski definition) is 3. The number of nitrogens with one attached hydrogen (secondary N) is 1. The third kappa shape index (κ3) is 3.13. The number of anilines is 1. The predicted molar refractivity (Wildman–Crippen MR) is 52.7 cm³/mol. The molecule has 0 atom stereocenters. The Morgan fingerprint density at radius 2 is 2.36 bits per heavy atom. The van der Waals surface area contributed by atoms with E-state index in [-0.39, 0.29) is 6.42 Å². The van der Waals surface area contributed by atoms with Crippen molar-refractivity contribution in [1.29, 1.82) is 0 Å². The molecule has 0 radical (unpaired) electrons. The van der Waals surface area contributed by atoms with Crippen molar-refractivity contribution in [1.82, 2.24) is 4.98 Å². The van der Waals surface area contributed by atoms with Gasteiger partial charge in [-0.2, -0.15) is 0 Å². The van der Waals surface area contributed by atoms with Crippen LogP contribution in [0.3, 0.4) is 0 Å². The van der Waals surface area contributed by atoms with Crippen molar-refractivity contribution in [2.75, 3.05) is 5.43 Å². The first kappa shape index (κ1) is 10.0. The highest BCUT2D eigenvalue weighted by Gasteiger charge is 1.90. The summed E-state index contributed by atoms with van der Waals surface area (Å²) in [6, 6.07) is 3.43. The maximum Gasteiger partial charge on any atom is 0.229 e. The van der Waals surface area contributed by atoms with Crippen molar-refractivity contribution >= 4 is 11.7 Å². The van der Waals surface area contributed by atoms with E-state index in [9.17, 15) is 4.79 Å². The average molecular weight is 190 g/mol. The lowest BCUT2D eigenvalue weighted by molar-refractivity contribution is -0.117. The molecule has 0 fully saturated rings. The van der Waals surface area contributed by atoms with Gasteiger partial charge in [0.15, 0.2) is 0 Å². The lowest BCUT2D eigenvalue weighted by Gasteiger charge is -1.96. The highest BCUT2D eigenvalue weighted by molar-refractivity contribution is 5.76. The third-order valence-electron chi connectivity index (χ3n) is 1.41. The second kappa shape index (κ2) is 4.84. The summed E-state index contributed by atoms with van der Waals surface area (Å²) < 4.78 is 0. The molecule has 0 aromatic carbocycles. The monoisotopic (exact) mass is 190 g/mol. The Morgan fingerprint density at radius 1 is 1.57 bits per heavy atom. The Labute approximate surface area is 81.5 Å². The van der Waals surface area contributed by atoms with Gasteiger partial charge in [0.1, 0.15) is 5.82 Å². The van der Waals surface area contributed by atoms with Crippen LogP contribution in [0, 0.1) is 11.8 Å². The molecule has 1 amide bonds. The lowest BCUT2D eigenvalue weighted by Crippen LogP contribution is -2.08. The fourth-order valence-corrected chi connectivity index (χ4v) is 0.787. The van der Waals surface area contributed by atoms with Gasteiger partial charge in [0.2, 0.25) is 5.91 Å². The lowest BCUT2D eigenvalue weighted by atomic mass is 10.2. The standard InChI is InChI=1S/C9H10N4O/c10-8(14)3-1-2-7-4-5-9(13-11)12-6-7/h4-6H,3,11H2,(H2,10,14)(H,12,13). The summed E-state index contributed by atoms with van der Waals surface area (Å²) in [7, 11) is 0. The van der Waals surface area contributed by atoms with Gasteiger partial charge in [0, 0.05) is 11.8 Å². The second-order valence-corrected chi connectivity index (χ2v) is 2.52. The van der Waals surface area contributed by atoms with Crippen molar-refractivity contribution < 1.29 is 4.79 Å². The van der Waals surface area contributed by atoms with E-state index in [1.807, 2.05) is 0 Å². The summed E-state index contributed by atoms with van der Waals surface area (Å²) in [4.78, 5) is 14.3. The van der Waals surface area contributed by atoms with Gasteiger partial charge in [-0.05, 0) is 12.1 Å². The number of amides is 1. The number of nitrogen functional groups attached to an aromatic ring is 1. The Hall–Kier alpha value is -2.06. The van der Waals surface area contributed by atoms with Crippen LogP contribution in [0.5, 0.6) is 0 Å². The average Bonchev–Trinajstić information content (AvgIpc) is 2.18. The van der Waals surface area contributed by atoms with Crippen LogP contribution in [0.2, 0.25) is 0 Å². The van der Waals surface area contributed by atoms with Crippen LogP contribution in [0.15, 0.2) is 18.3 Å². The normalized spacial score (nSPS) is 8.64. The number of hydrogen-bond acceptors (Lipinski definition) is 4. The van der Waals surface area contributed by atoms with Crippen LogP contribution >= 0.6 is 0 Å². The fourth-order valence-electron chi connectivity index (χ4n) is 0.787. The minimum Gasteiger partial charge on any atom is -0.369 e. The number of pyridine rings is 1. The van der Waals surface area contributed by atoms with Crippen molar-refractivity contribution in [3.8, 4) is 11.8 Å². The number of rotatable bonds is 2. The molecule has 0 bridgehead atoms. The van der Waals surface area contributed by atoms with E-state index in [2.05, 4.69) is 22.3 Å². The molecule has 14 heavy (non-hydrogen) atoms. The molecule has 0 spiro atoms. The van der Waals surface area contributed by atoms with Gasteiger partial charge in [-0.1, -0.05) is 11.8 Å². The Bertz CT molecular complexity index is 374. The number of hydrazine groups is 1. The molecule has 0 aliphatic carbocycles. The topological polar surface area (TPSA) is 94.0 Å². The molecular weight excluding hydrogens is 180 g/mol. The van der Waals surface area contributed by atoms with E-state index in [1.165, 1.54) is 0 Å². The van der Waals surface area contributed by atoms with Gasteiger partial charge in [0.05, 0.1) is 6.42 Å². The summed E-state index contributed by atoms with van der Waals surface area (Å²) in [5, 5.41) is 0. The molecule has 5 nitrogen and oxygen atoms in total. The van der Waals surface area contributed by atoms with Gasteiger partial charge in [0.25, 0.3) is 0 Å². The molecule has 0 aliphatic heterocycles. The number of aromatic nitrogens is 1. The summed E-state index contributed by atoms with van der Waals surface area (Å²) in [5.41, 5.74) is 8.03. The Kier molecular flexibility index (Phi) is 3.47. The zero-order valence-electron chi connectivity index (χ0n) is 7.45. The first-order valence-corrected chi connectivity index (χ1v) is 3.92. The number of carbonyl (C=O) groups is 1. The predicted octanol–water partition coefficient (Wildman–Crippen LogP) is -0.406. The molecule has 72 valence electrons. The van der Waals surface area contributed by atoms with Crippen molar-refractivity contribution in [2.24, 2.45) is 11.6 Å². The molecule has 0 saturated heterocycles. The quantitative estimate of drug-likeness (QED) is 0.336. The first-order valence-electron chi connectivity index (χ1n) is 3.92. The van der Waals surface area contributed by atoms with Crippen molar-refractivity contribution in [3.05, 3.63) is 23.9 Å². The van der Waals surface area contributed by atoms with Crippen molar-refractivity contribution in [2.45, 2.75) is 6.42 Å². The fraction of sp³-hybridized carbons (Fsp3) is 0.111. The zero-order valence-corrected chi connectivity index (χ0v) is 7.45. The zero-order chi connectivity index (χ0) is 10.4. The number of nitrogens with two attached hydrogens (primary N) is 2. The molecular formula is C9H10N4O. The minimum atomic E-state index is -0.439. The van der Waals surface area contributed by atoms with Gasteiger partial charge < -0.3 is 11.2 Å². The smallest absolute Gasteiger partial charge is 0.229 e. The molecule has 5 N–H and O–H groups in total. The Balaban J connectivity index is 2.66. The van der Waals surface area contributed by atoms with Gasteiger partial charge in [-0.15, -0.1) is 0 Å². The third-order valence-corrected chi connectivity index (χ3v) is 1.41. The van der Waals surface area contributed by atoms with Gasteiger partial charge >= 0.3 is 0 Å². The van der Waals surface area contributed by atoms with E-state index in [0.717, 1.165) is 0 Å². The molecule has 0 aliphatic rings. The number of nitrogens with zero attached hydrogens (tertiary/aromatic N) is 1. The Morgan fingerprint density at radius 3 is 2.86 bits per heavy atom. The maximum absolute atomic E-state index is 10.4. The SMILES string of the molecule is NNc1ccc(C#CCC(N)=O)cn1. The van der Waals surface area contributed by atoms with Gasteiger partial charge in [-0.25, -0.2) is 10.8 Å². The van der Waals surface area contributed by atoms with E-state index >= 15 is 0 Å². The molecule has 1 aromatic heterocycles. The van der Waals surface area contributed by atoms with Crippen LogP contribution in [0.1, 0.15) is 12.0 Å². The molecule has 0 unspecified atom stereocenters. The number of primary amides is 1. The largest absolute Gasteiger partial charge is 0.369 e. The summed E-state index contributed by atoms with van der Waals surface area (Å²) >= 11 is 0. The van der Waals surface area contributed by atoms with E-state index < -0.39 is 5.91 Å². The van der Waals surface area contributed by atoms with E-state index in [4.69, 9.17) is 11.6 Å². The van der Waals surface area contributed by atoms with Crippen LogP contribution in [-0.2, 0) is 4.79 Å². The highest BCUT2D eigenvalue weighted by Crippen LogP contribution is 2.01. The first-order chi connectivity index (χ1) is 6.72. The minimum absolute atomic E-state index is 0.0525. The molecule has 1 heterocycles. The van der Waals surface area contributed by atoms with Crippen LogP contribution in [0.4, 0.5) is 5.82 Å². The molecule has 5 heteroatoms. The van der Waals surface area contributed by atoms with Crippen LogP contribution in [-0.4, -0.2) is 10.9 Å². The van der Waals surface area contributed by atoms with E-state index in [0.29, 0.717) is 11.4 Å². The summed E-state index contributed by atoms with van der Waals surface area (Å²) in [6.45, 7) is 0. The second-order valence-electron chi connectivity index (χ2n) is 2.52. The maximum atomic E-state index is 10.4. The molecule has 0 saturated carbocycles. The summed E-state index contributed by atoms with van der Waals surface area (Å²) in [6.07, 6.45) is 1.61. The van der Waals surface area contributed by atoms with Gasteiger partial charge in [-0.3, -0.25) is 4.79 Å². The number of carbonyl (C=O) groups excluding carboxylic acids is 1. The van der Waals surface area contributed by atoms with E-state index in [1.54, 1.807) is 18.3 Å². The highest BCUT2D eigenvalue weighted by atomic mass is 16.1. The van der Waals surface area contributed by atoms with Crippen LogP contribution in [0.25, 0.3) is 0 Å². The molecule has 1 rings (SSSR count). The molecule has 1 aromatic rings.